The van der Waals surface area contributed by atoms with Crippen LogP contribution in [-0.2, 0) is 16.2 Å². The Balaban J connectivity index is 2.27. The molecule has 0 aliphatic rings. The molecule has 0 spiro atoms. The molecule has 0 bridgehead atoms. The highest BCUT2D eigenvalue weighted by atomic mass is 16.6. The van der Waals surface area contributed by atoms with E-state index in [1.54, 1.807) is 36.4 Å². The summed E-state index contributed by atoms with van der Waals surface area (Å²) in [4.78, 5) is 15.9. The van der Waals surface area contributed by atoms with Gasteiger partial charge in [0.25, 0.3) is 0 Å². The van der Waals surface area contributed by atoms with Crippen molar-refractivity contribution in [2.75, 3.05) is 7.11 Å². The average Bonchev–Trinajstić information content (AvgIpc) is 2.52. The van der Waals surface area contributed by atoms with Crippen LogP contribution in [0.5, 0.6) is 11.5 Å². The lowest BCUT2D eigenvalue weighted by atomic mass is 10.0. The molecular formula is C17H17NO5. The van der Waals surface area contributed by atoms with Gasteiger partial charge in [-0.3, -0.25) is 0 Å². The Morgan fingerprint density at radius 1 is 1.22 bits per heavy atom. The Bertz CT molecular complexity index is 740. The molecular weight excluding hydrogens is 298 g/mol. The monoisotopic (exact) mass is 315 g/mol. The lowest BCUT2D eigenvalue weighted by Gasteiger charge is -2.12. The second-order valence-electron chi connectivity index (χ2n) is 4.82. The van der Waals surface area contributed by atoms with Crippen LogP contribution in [0, 0.1) is 6.92 Å². The molecule has 0 unspecified atom stereocenters. The van der Waals surface area contributed by atoms with Crippen LogP contribution in [-0.4, -0.2) is 29.0 Å². The van der Waals surface area contributed by atoms with Gasteiger partial charge >= 0.3 is 5.97 Å². The number of carboxylic acids is 1. The number of carboxylic acid groups (broad SMARTS) is 1. The zero-order valence-corrected chi connectivity index (χ0v) is 12.8. The van der Waals surface area contributed by atoms with Gasteiger partial charge in [0.05, 0.1) is 0 Å². The van der Waals surface area contributed by atoms with Crippen LogP contribution in [0.25, 0.3) is 0 Å². The van der Waals surface area contributed by atoms with E-state index in [2.05, 4.69) is 9.99 Å². The number of aromatic hydroxyl groups is 1. The van der Waals surface area contributed by atoms with E-state index in [-0.39, 0.29) is 18.1 Å². The number of benzene rings is 2. The normalized spacial score (nSPS) is 11.1. The number of rotatable bonds is 6. The van der Waals surface area contributed by atoms with Gasteiger partial charge in [-0.1, -0.05) is 29.4 Å². The maximum absolute atomic E-state index is 11.3. The number of phenolic OH excluding ortho intramolecular Hbond substituents is 1. The number of ether oxygens (including phenoxy) is 1. The number of aryl methyl sites for hydroxylation is 1. The van der Waals surface area contributed by atoms with E-state index in [4.69, 9.17) is 4.74 Å². The zero-order chi connectivity index (χ0) is 16.8. The minimum absolute atomic E-state index is 0.163. The van der Waals surface area contributed by atoms with Crippen molar-refractivity contribution < 1.29 is 24.6 Å². The van der Waals surface area contributed by atoms with E-state index in [9.17, 15) is 15.0 Å². The third-order valence-electron chi connectivity index (χ3n) is 3.20. The molecule has 0 saturated heterocycles. The van der Waals surface area contributed by atoms with Crippen LogP contribution in [0.2, 0.25) is 0 Å². The summed E-state index contributed by atoms with van der Waals surface area (Å²) in [6.45, 7) is 1.98. The van der Waals surface area contributed by atoms with Gasteiger partial charge in [0.15, 0.2) is 5.71 Å². The van der Waals surface area contributed by atoms with Gasteiger partial charge in [0, 0.05) is 5.56 Å². The summed E-state index contributed by atoms with van der Waals surface area (Å²) in [6, 6.07) is 11.7. The molecule has 0 aromatic heterocycles. The Kier molecular flexibility index (Phi) is 5.19. The summed E-state index contributed by atoms with van der Waals surface area (Å²) in [5.74, 6) is -0.408. The first-order valence-electron chi connectivity index (χ1n) is 6.88. The average molecular weight is 315 g/mol. The van der Waals surface area contributed by atoms with Gasteiger partial charge in [-0.05, 0) is 36.2 Å². The fraction of sp³-hybridized carbons (Fsp3) is 0.176. The molecule has 0 amide bonds. The van der Waals surface area contributed by atoms with Crippen molar-refractivity contribution in [1.29, 1.82) is 0 Å². The molecule has 2 N–H and O–H groups in total. The van der Waals surface area contributed by atoms with Gasteiger partial charge < -0.3 is 19.8 Å². The lowest BCUT2D eigenvalue weighted by Crippen LogP contribution is -2.17. The lowest BCUT2D eigenvalue weighted by molar-refractivity contribution is -0.129. The minimum atomic E-state index is -1.18. The number of carbonyl (C=O) groups is 1. The number of phenols is 1. The molecule has 2 aromatic carbocycles. The van der Waals surface area contributed by atoms with E-state index in [0.717, 1.165) is 5.56 Å². The first kappa shape index (κ1) is 16.4. The highest BCUT2D eigenvalue weighted by Gasteiger charge is 2.17. The zero-order valence-electron chi connectivity index (χ0n) is 12.8. The highest BCUT2D eigenvalue weighted by Crippen LogP contribution is 2.24. The van der Waals surface area contributed by atoms with Crippen LogP contribution < -0.4 is 4.74 Å². The predicted molar refractivity (Wildman–Crippen MR) is 84.8 cm³/mol. The Morgan fingerprint density at radius 2 is 1.96 bits per heavy atom. The second-order valence-corrected chi connectivity index (χ2v) is 4.82. The van der Waals surface area contributed by atoms with Crippen molar-refractivity contribution in [2.24, 2.45) is 5.16 Å². The maximum atomic E-state index is 11.3. The summed E-state index contributed by atoms with van der Waals surface area (Å²) < 4.78 is 5.73. The fourth-order valence-electron chi connectivity index (χ4n) is 2.12. The van der Waals surface area contributed by atoms with Crippen LogP contribution in [0.4, 0.5) is 0 Å². The summed E-state index contributed by atoms with van der Waals surface area (Å²) in [6.07, 6.45) is 0. The first-order chi connectivity index (χ1) is 11.0. The smallest absolute Gasteiger partial charge is 0.358 e. The summed E-state index contributed by atoms with van der Waals surface area (Å²) >= 11 is 0. The van der Waals surface area contributed by atoms with Crippen molar-refractivity contribution in [2.45, 2.75) is 13.5 Å². The Morgan fingerprint density at radius 3 is 2.61 bits per heavy atom. The topological polar surface area (TPSA) is 88.4 Å². The van der Waals surface area contributed by atoms with Crippen molar-refractivity contribution >= 4 is 11.7 Å². The van der Waals surface area contributed by atoms with E-state index in [1.165, 1.54) is 13.2 Å². The number of oxime groups is 1. The number of hydrogen-bond donors (Lipinski definition) is 2. The van der Waals surface area contributed by atoms with Gasteiger partial charge in [0.1, 0.15) is 25.2 Å². The first-order valence-corrected chi connectivity index (χ1v) is 6.88. The standard InChI is InChI=1S/C17H17NO5/c1-11-9-13(19)7-8-15(11)23-10-12-5-3-4-6-14(12)16(17(20)21)18-22-2/h3-9,19H,10H2,1-2H3,(H,20,21)/b18-16-. The molecule has 0 fully saturated rings. The summed E-state index contributed by atoms with van der Waals surface area (Å²) in [5.41, 5.74) is 1.69. The molecule has 23 heavy (non-hydrogen) atoms. The van der Waals surface area contributed by atoms with Crippen LogP contribution >= 0.6 is 0 Å². The Labute approximate surface area is 133 Å². The molecule has 0 heterocycles. The Hall–Kier alpha value is -3.02. The summed E-state index contributed by atoms with van der Waals surface area (Å²) in [5, 5.41) is 22.2. The van der Waals surface area contributed by atoms with Crippen LogP contribution in [0.15, 0.2) is 47.6 Å². The van der Waals surface area contributed by atoms with Gasteiger partial charge in [-0.25, -0.2) is 4.79 Å². The van der Waals surface area contributed by atoms with Crippen molar-refractivity contribution in [3.05, 3.63) is 59.2 Å². The molecule has 6 nitrogen and oxygen atoms in total. The molecule has 0 saturated carbocycles. The predicted octanol–water partition coefficient (Wildman–Crippen LogP) is 2.71. The second kappa shape index (κ2) is 7.31. The molecule has 0 atom stereocenters. The third kappa shape index (κ3) is 4.00. The van der Waals surface area contributed by atoms with Crippen molar-refractivity contribution in [1.82, 2.24) is 0 Å². The molecule has 0 aliphatic heterocycles. The number of hydrogen-bond acceptors (Lipinski definition) is 5. The van der Waals surface area contributed by atoms with E-state index < -0.39 is 5.97 Å². The fourth-order valence-corrected chi connectivity index (χ4v) is 2.12. The molecule has 2 aromatic rings. The molecule has 120 valence electrons. The van der Waals surface area contributed by atoms with Gasteiger partial charge in [-0.2, -0.15) is 0 Å². The van der Waals surface area contributed by atoms with Crippen LogP contribution in [0.3, 0.4) is 0 Å². The molecule has 6 heteroatoms. The molecule has 2 rings (SSSR count). The number of nitrogens with zero attached hydrogens (tertiary/aromatic N) is 1. The van der Waals surface area contributed by atoms with Crippen molar-refractivity contribution in [3.8, 4) is 11.5 Å². The minimum Gasteiger partial charge on any atom is -0.508 e. The molecule has 0 aliphatic carbocycles. The van der Waals surface area contributed by atoms with Gasteiger partial charge in [-0.15, -0.1) is 0 Å². The summed E-state index contributed by atoms with van der Waals surface area (Å²) in [7, 11) is 1.29. The van der Waals surface area contributed by atoms with E-state index in [0.29, 0.717) is 16.9 Å². The van der Waals surface area contributed by atoms with E-state index in [1.807, 2.05) is 6.92 Å². The van der Waals surface area contributed by atoms with E-state index >= 15 is 0 Å². The van der Waals surface area contributed by atoms with Crippen LogP contribution in [0.1, 0.15) is 16.7 Å². The number of aliphatic carboxylic acids is 1. The third-order valence-corrected chi connectivity index (χ3v) is 3.20. The maximum Gasteiger partial charge on any atom is 0.358 e. The SMILES string of the molecule is CO/N=C(\C(=O)O)c1ccccc1COc1ccc(O)cc1C. The molecule has 0 radical (unpaired) electrons. The van der Waals surface area contributed by atoms with Crippen molar-refractivity contribution in [3.63, 3.8) is 0 Å². The van der Waals surface area contributed by atoms with Gasteiger partial charge in [0.2, 0.25) is 0 Å². The quantitative estimate of drug-likeness (QED) is 0.632. The highest BCUT2D eigenvalue weighted by molar-refractivity contribution is 6.42. The largest absolute Gasteiger partial charge is 0.508 e.